The van der Waals surface area contributed by atoms with Crippen molar-refractivity contribution in [3.8, 4) is 5.75 Å². The molecular formula is C24H32N2O4S. The predicted molar refractivity (Wildman–Crippen MR) is 122 cm³/mol. The monoisotopic (exact) mass is 444 g/mol. The summed E-state index contributed by atoms with van der Waals surface area (Å²) in [6, 6.07) is 10.5. The summed E-state index contributed by atoms with van der Waals surface area (Å²) in [7, 11) is -2.11. The maximum absolute atomic E-state index is 13.1. The van der Waals surface area contributed by atoms with E-state index in [0.29, 0.717) is 25.1 Å². The predicted octanol–water partition coefficient (Wildman–Crippen LogP) is 3.90. The van der Waals surface area contributed by atoms with E-state index in [2.05, 4.69) is 31.3 Å². The van der Waals surface area contributed by atoms with Gasteiger partial charge >= 0.3 is 0 Å². The summed E-state index contributed by atoms with van der Waals surface area (Å²) in [5.41, 5.74) is 4.65. The van der Waals surface area contributed by atoms with Crippen molar-refractivity contribution in [1.82, 2.24) is 9.62 Å². The number of amides is 1. The van der Waals surface area contributed by atoms with Crippen LogP contribution in [0.4, 0.5) is 0 Å². The summed E-state index contributed by atoms with van der Waals surface area (Å²) < 4.78 is 32.7. The molecule has 1 aliphatic rings. The molecule has 1 aliphatic heterocycles. The number of sulfonamides is 1. The largest absolute Gasteiger partial charge is 0.497 e. The Balaban J connectivity index is 1.71. The fraction of sp³-hybridized carbons (Fsp3) is 0.458. The molecule has 1 amide bonds. The summed E-state index contributed by atoms with van der Waals surface area (Å²) in [4.78, 5) is 13.2. The first-order valence-corrected chi connectivity index (χ1v) is 12.1. The van der Waals surface area contributed by atoms with Crippen LogP contribution in [-0.2, 0) is 14.8 Å². The highest BCUT2D eigenvalue weighted by atomic mass is 32.2. The van der Waals surface area contributed by atoms with Crippen molar-refractivity contribution in [2.75, 3.05) is 20.2 Å². The zero-order chi connectivity index (χ0) is 22.8. The molecule has 0 bridgehead atoms. The number of nitrogens with one attached hydrogen (secondary N) is 1. The fourth-order valence-corrected chi connectivity index (χ4v) is 5.65. The van der Waals surface area contributed by atoms with Gasteiger partial charge in [-0.15, -0.1) is 0 Å². The first-order valence-electron chi connectivity index (χ1n) is 10.7. The van der Waals surface area contributed by atoms with E-state index < -0.39 is 10.0 Å². The Morgan fingerprint density at radius 1 is 1.10 bits per heavy atom. The van der Waals surface area contributed by atoms with Crippen molar-refractivity contribution >= 4 is 15.9 Å². The van der Waals surface area contributed by atoms with E-state index in [4.69, 9.17) is 4.74 Å². The van der Waals surface area contributed by atoms with Crippen LogP contribution >= 0.6 is 0 Å². The summed E-state index contributed by atoms with van der Waals surface area (Å²) in [5.74, 6) is 0.140. The van der Waals surface area contributed by atoms with Gasteiger partial charge in [-0.3, -0.25) is 4.79 Å². The molecule has 0 unspecified atom stereocenters. The quantitative estimate of drug-likeness (QED) is 0.733. The van der Waals surface area contributed by atoms with Crippen molar-refractivity contribution in [1.29, 1.82) is 0 Å². The molecule has 1 saturated heterocycles. The van der Waals surface area contributed by atoms with Gasteiger partial charge in [-0.05, 0) is 87.1 Å². The molecule has 0 radical (unpaired) electrons. The van der Waals surface area contributed by atoms with Gasteiger partial charge in [0.1, 0.15) is 5.75 Å². The lowest BCUT2D eigenvalue weighted by atomic mass is 9.95. The van der Waals surface area contributed by atoms with Crippen LogP contribution in [0, 0.1) is 26.7 Å². The molecule has 3 rings (SSSR count). The van der Waals surface area contributed by atoms with Crippen LogP contribution in [0.5, 0.6) is 5.75 Å². The zero-order valence-corrected chi connectivity index (χ0v) is 19.8. The van der Waals surface area contributed by atoms with E-state index in [1.807, 2.05) is 13.8 Å². The highest BCUT2D eigenvalue weighted by Gasteiger charge is 2.33. The molecule has 0 spiro atoms. The Kier molecular flexibility index (Phi) is 7.06. The third-order valence-electron chi connectivity index (χ3n) is 6.16. The minimum atomic E-state index is -3.65. The lowest BCUT2D eigenvalue weighted by Gasteiger charge is -2.32. The number of rotatable bonds is 6. The summed E-state index contributed by atoms with van der Waals surface area (Å²) in [5, 5.41) is 3.10. The van der Waals surface area contributed by atoms with Gasteiger partial charge in [0.05, 0.1) is 24.0 Å². The third-order valence-corrected chi connectivity index (χ3v) is 8.04. The summed E-state index contributed by atoms with van der Waals surface area (Å²) in [6.07, 6.45) is 1.34. The van der Waals surface area contributed by atoms with Gasteiger partial charge in [-0.2, -0.15) is 4.31 Å². The molecule has 0 aliphatic carbocycles. The number of benzene rings is 2. The molecule has 2 aromatic carbocycles. The Morgan fingerprint density at radius 2 is 1.74 bits per heavy atom. The highest BCUT2D eigenvalue weighted by molar-refractivity contribution is 7.89. The van der Waals surface area contributed by atoms with E-state index in [0.717, 1.165) is 11.1 Å². The van der Waals surface area contributed by atoms with Gasteiger partial charge in [0.2, 0.25) is 15.9 Å². The van der Waals surface area contributed by atoms with Crippen molar-refractivity contribution in [3.05, 3.63) is 58.7 Å². The van der Waals surface area contributed by atoms with E-state index in [9.17, 15) is 13.2 Å². The number of hydrogen-bond donors (Lipinski definition) is 1. The minimum absolute atomic E-state index is 0.0974. The smallest absolute Gasteiger partial charge is 0.243 e. The SMILES string of the molecule is COc1ccc(S(=O)(=O)N2CCC[C@@H](C(=O)N[C@@H](C)c3cc(C)c(C)cc3C)C2)cc1. The zero-order valence-electron chi connectivity index (χ0n) is 18.9. The average Bonchev–Trinajstić information content (AvgIpc) is 2.76. The van der Waals surface area contributed by atoms with Crippen LogP contribution in [-0.4, -0.2) is 38.8 Å². The Bertz CT molecular complexity index is 1050. The van der Waals surface area contributed by atoms with Crippen LogP contribution in [0.2, 0.25) is 0 Å². The molecular weight excluding hydrogens is 412 g/mol. The van der Waals surface area contributed by atoms with Gasteiger partial charge < -0.3 is 10.1 Å². The molecule has 1 fully saturated rings. The van der Waals surface area contributed by atoms with Crippen molar-refractivity contribution in [2.45, 2.75) is 51.5 Å². The maximum atomic E-state index is 13.1. The molecule has 6 nitrogen and oxygen atoms in total. The second-order valence-corrected chi connectivity index (χ2v) is 10.3. The molecule has 2 atom stereocenters. The van der Waals surface area contributed by atoms with Gasteiger partial charge in [0.15, 0.2) is 0 Å². The number of methoxy groups -OCH3 is 1. The molecule has 7 heteroatoms. The second-order valence-electron chi connectivity index (χ2n) is 8.40. The molecule has 168 valence electrons. The maximum Gasteiger partial charge on any atom is 0.243 e. The highest BCUT2D eigenvalue weighted by Crippen LogP contribution is 2.27. The Labute approximate surface area is 185 Å². The van der Waals surface area contributed by atoms with Crippen LogP contribution in [0.3, 0.4) is 0 Å². The van der Waals surface area contributed by atoms with Crippen LogP contribution < -0.4 is 10.1 Å². The van der Waals surface area contributed by atoms with E-state index in [1.54, 1.807) is 24.3 Å². The number of carbonyl (C=O) groups excluding carboxylic acids is 1. The van der Waals surface area contributed by atoms with E-state index in [1.165, 1.54) is 22.5 Å². The van der Waals surface area contributed by atoms with Crippen molar-refractivity contribution < 1.29 is 17.9 Å². The minimum Gasteiger partial charge on any atom is -0.497 e. The molecule has 1 N–H and O–H groups in total. The number of piperidine rings is 1. The molecule has 31 heavy (non-hydrogen) atoms. The van der Waals surface area contributed by atoms with Crippen molar-refractivity contribution in [3.63, 3.8) is 0 Å². The van der Waals surface area contributed by atoms with Gasteiger partial charge in [-0.25, -0.2) is 8.42 Å². The standard InChI is InChI=1S/C24H32N2O4S/c1-16-13-18(3)23(14-17(16)2)19(4)25-24(27)20-7-6-12-26(15-20)31(28,29)22-10-8-21(30-5)9-11-22/h8-11,13-14,19-20H,6-7,12,15H2,1-5H3,(H,25,27)/t19-,20+/m0/s1. The Morgan fingerprint density at radius 3 is 2.39 bits per heavy atom. The lowest BCUT2D eigenvalue weighted by Crippen LogP contribution is -2.45. The number of aryl methyl sites for hydroxylation is 3. The number of carbonyl (C=O) groups is 1. The molecule has 1 heterocycles. The summed E-state index contributed by atoms with van der Waals surface area (Å²) >= 11 is 0. The second kappa shape index (κ2) is 9.40. The van der Waals surface area contributed by atoms with Gasteiger partial charge in [0.25, 0.3) is 0 Å². The summed E-state index contributed by atoms with van der Waals surface area (Å²) in [6.45, 7) is 8.78. The average molecular weight is 445 g/mol. The number of hydrogen-bond acceptors (Lipinski definition) is 4. The first kappa shape index (κ1) is 23.3. The van der Waals surface area contributed by atoms with E-state index in [-0.39, 0.29) is 29.3 Å². The van der Waals surface area contributed by atoms with Crippen LogP contribution in [0.15, 0.2) is 41.3 Å². The molecule has 0 saturated carbocycles. The third kappa shape index (κ3) is 5.10. The van der Waals surface area contributed by atoms with Crippen molar-refractivity contribution in [2.24, 2.45) is 5.92 Å². The topological polar surface area (TPSA) is 75.7 Å². The Hall–Kier alpha value is -2.38. The number of nitrogens with zero attached hydrogens (tertiary/aromatic N) is 1. The fourth-order valence-electron chi connectivity index (χ4n) is 4.13. The molecule has 2 aromatic rings. The van der Waals surface area contributed by atoms with Crippen LogP contribution in [0.1, 0.15) is 48.1 Å². The molecule has 0 aromatic heterocycles. The van der Waals surface area contributed by atoms with E-state index >= 15 is 0 Å². The number of ether oxygens (including phenoxy) is 1. The van der Waals surface area contributed by atoms with Gasteiger partial charge in [0, 0.05) is 13.1 Å². The van der Waals surface area contributed by atoms with Crippen LogP contribution in [0.25, 0.3) is 0 Å². The van der Waals surface area contributed by atoms with Gasteiger partial charge in [-0.1, -0.05) is 12.1 Å². The lowest BCUT2D eigenvalue weighted by molar-refractivity contribution is -0.126. The normalized spacial score (nSPS) is 18.4. The first-order chi connectivity index (χ1) is 14.6.